The van der Waals surface area contributed by atoms with E-state index in [9.17, 15) is 0 Å². The standard InChI is InChI=1S/C19H24N4/c1-5-22-17-9-7-8-10-18(17)23(6-2)19(22)20-15-11-13-16(14-12-15)21(3)4/h7-14H,5-6H2,1-4H3. The summed E-state index contributed by atoms with van der Waals surface area (Å²) in [5.74, 6) is 0. The van der Waals surface area contributed by atoms with Crippen LogP contribution in [0.3, 0.4) is 0 Å². The summed E-state index contributed by atoms with van der Waals surface area (Å²) in [6.07, 6.45) is 0. The Labute approximate surface area is 137 Å². The highest BCUT2D eigenvalue weighted by Crippen LogP contribution is 2.18. The summed E-state index contributed by atoms with van der Waals surface area (Å²) in [6.45, 7) is 6.14. The van der Waals surface area contributed by atoms with Crippen LogP contribution in [0.1, 0.15) is 13.8 Å². The number of fused-ring (bicyclic) bond motifs is 1. The van der Waals surface area contributed by atoms with E-state index >= 15 is 0 Å². The van der Waals surface area contributed by atoms with E-state index in [1.165, 1.54) is 16.7 Å². The third-order valence-electron chi connectivity index (χ3n) is 4.17. The third-order valence-corrected chi connectivity index (χ3v) is 4.17. The summed E-state index contributed by atoms with van der Waals surface area (Å²) in [6, 6.07) is 16.9. The Morgan fingerprint density at radius 3 is 1.78 bits per heavy atom. The number of nitrogens with zero attached hydrogens (tertiary/aromatic N) is 4. The molecule has 0 N–H and O–H groups in total. The van der Waals surface area contributed by atoms with E-state index in [0.29, 0.717) is 0 Å². The van der Waals surface area contributed by atoms with E-state index in [-0.39, 0.29) is 0 Å². The molecule has 0 bridgehead atoms. The van der Waals surface area contributed by atoms with Crippen molar-refractivity contribution in [1.82, 2.24) is 9.13 Å². The molecule has 1 aromatic heterocycles. The average Bonchev–Trinajstić information content (AvgIpc) is 2.87. The molecule has 0 saturated heterocycles. The minimum absolute atomic E-state index is 0.905. The first-order chi connectivity index (χ1) is 11.2. The van der Waals surface area contributed by atoms with Crippen LogP contribution in [0.5, 0.6) is 0 Å². The monoisotopic (exact) mass is 308 g/mol. The lowest BCUT2D eigenvalue weighted by Gasteiger charge is -2.11. The Hall–Kier alpha value is -2.49. The van der Waals surface area contributed by atoms with Gasteiger partial charge in [-0.25, -0.2) is 4.99 Å². The van der Waals surface area contributed by atoms with Gasteiger partial charge in [0.2, 0.25) is 5.62 Å². The van der Waals surface area contributed by atoms with Crippen molar-refractivity contribution < 1.29 is 0 Å². The Kier molecular flexibility index (Phi) is 4.24. The van der Waals surface area contributed by atoms with Crippen LogP contribution >= 0.6 is 0 Å². The highest BCUT2D eigenvalue weighted by molar-refractivity contribution is 5.76. The molecular weight excluding hydrogens is 284 g/mol. The number of benzene rings is 2. The second-order valence-electron chi connectivity index (χ2n) is 5.80. The molecule has 0 spiro atoms. The van der Waals surface area contributed by atoms with E-state index in [0.717, 1.165) is 24.4 Å². The van der Waals surface area contributed by atoms with Gasteiger partial charge in [0.05, 0.1) is 16.7 Å². The van der Waals surface area contributed by atoms with Crippen LogP contribution in [-0.2, 0) is 13.1 Å². The largest absolute Gasteiger partial charge is 0.378 e. The van der Waals surface area contributed by atoms with Crippen LogP contribution in [0.4, 0.5) is 11.4 Å². The number of hydrogen-bond donors (Lipinski definition) is 0. The highest BCUT2D eigenvalue weighted by Gasteiger charge is 2.09. The predicted molar refractivity (Wildman–Crippen MR) is 97.3 cm³/mol. The predicted octanol–water partition coefficient (Wildman–Crippen LogP) is 3.78. The molecule has 0 saturated carbocycles. The fourth-order valence-electron chi connectivity index (χ4n) is 2.97. The summed E-state index contributed by atoms with van der Waals surface area (Å²) in [5.41, 5.74) is 5.65. The zero-order valence-corrected chi connectivity index (χ0v) is 14.3. The Balaban J connectivity index is 2.21. The van der Waals surface area contributed by atoms with Gasteiger partial charge in [0.1, 0.15) is 0 Å². The number of imidazole rings is 1. The fraction of sp³-hybridized carbons (Fsp3) is 0.316. The average molecular weight is 308 g/mol. The van der Waals surface area contributed by atoms with Crippen molar-refractivity contribution in [2.24, 2.45) is 4.99 Å². The second-order valence-corrected chi connectivity index (χ2v) is 5.80. The van der Waals surface area contributed by atoms with E-state index < -0.39 is 0 Å². The van der Waals surface area contributed by atoms with Crippen LogP contribution < -0.4 is 10.5 Å². The van der Waals surface area contributed by atoms with Gasteiger partial charge in [0, 0.05) is 32.9 Å². The summed E-state index contributed by atoms with van der Waals surface area (Å²) in [5, 5.41) is 0. The molecule has 0 fully saturated rings. The number of anilines is 1. The van der Waals surface area contributed by atoms with Crippen molar-refractivity contribution in [1.29, 1.82) is 0 Å². The fourth-order valence-corrected chi connectivity index (χ4v) is 2.97. The zero-order valence-electron chi connectivity index (χ0n) is 14.3. The number of para-hydroxylation sites is 2. The Morgan fingerprint density at radius 2 is 1.35 bits per heavy atom. The van der Waals surface area contributed by atoms with Crippen LogP contribution in [0, 0.1) is 0 Å². The van der Waals surface area contributed by atoms with Gasteiger partial charge in [-0.1, -0.05) is 12.1 Å². The van der Waals surface area contributed by atoms with Gasteiger partial charge in [0.25, 0.3) is 0 Å². The molecule has 0 aliphatic heterocycles. The van der Waals surface area contributed by atoms with Gasteiger partial charge in [0.15, 0.2) is 0 Å². The summed E-state index contributed by atoms with van der Waals surface area (Å²) >= 11 is 0. The Morgan fingerprint density at radius 1 is 0.826 bits per heavy atom. The molecule has 1 heterocycles. The molecule has 0 amide bonds. The topological polar surface area (TPSA) is 25.5 Å². The van der Waals surface area contributed by atoms with Gasteiger partial charge in [-0.15, -0.1) is 0 Å². The van der Waals surface area contributed by atoms with Crippen LogP contribution in [-0.4, -0.2) is 23.2 Å². The maximum atomic E-state index is 4.93. The summed E-state index contributed by atoms with van der Waals surface area (Å²) in [4.78, 5) is 7.02. The zero-order chi connectivity index (χ0) is 16.4. The minimum atomic E-state index is 0.905. The molecule has 23 heavy (non-hydrogen) atoms. The molecule has 0 aliphatic carbocycles. The van der Waals surface area contributed by atoms with Gasteiger partial charge in [-0.2, -0.15) is 0 Å². The van der Waals surface area contributed by atoms with Crippen molar-refractivity contribution in [3.05, 3.63) is 54.1 Å². The first-order valence-corrected chi connectivity index (χ1v) is 8.16. The maximum Gasteiger partial charge on any atom is 0.211 e. The minimum Gasteiger partial charge on any atom is -0.378 e. The van der Waals surface area contributed by atoms with Gasteiger partial charge in [-0.05, 0) is 50.2 Å². The molecule has 0 unspecified atom stereocenters. The van der Waals surface area contributed by atoms with Gasteiger partial charge in [-0.3, -0.25) is 0 Å². The molecular formula is C19H24N4. The summed E-state index contributed by atoms with van der Waals surface area (Å²) in [7, 11) is 4.10. The molecule has 120 valence electrons. The molecule has 3 rings (SSSR count). The third kappa shape index (κ3) is 2.77. The Bertz CT molecular complexity index is 823. The number of rotatable bonds is 4. The second kappa shape index (κ2) is 6.32. The highest BCUT2D eigenvalue weighted by atomic mass is 15.2. The van der Waals surface area contributed by atoms with Crippen molar-refractivity contribution >= 4 is 22.4 Å². The van der Waals surface area contributed by atoms with E-state index in [2.05, 4.69) is 76.4 Å². The molecule has 3 aromatic rings. The molecule has 4 nitrogen and oxygen atoms in total. The molecule has 0 radical (unpaired) electrons. The lowest BCUT2D eigenvalue weighted by atomic mass is 10.3. The SMILES string of the molecule is CCn1c(=Nc2ccc(N(C)C)cc2)n(CC)c2ccccc21. The van der Waals surface area contributed by atoms with E-state index in [1.807, 2.05) is 14.1 Å². The number of aromatic nitrogens is 2. The summed E-state index contributed by atoms with van der Waals surface area (Å²) < 4.78 is 4.55. The lowest BCUT2D eigenvalue weighted by Crippen LogP contribution is -2.24. The van der Waals surface area contributed by atoms with Crippen molar-refractivity contribution in [3.63, 3.8) is 0 Å². The first kappa shape index (κ1) is 15.4. The number of aryl methyl sites for hydroxylation is 2. The van der Waals surface area contributed by atoms with Gasteiger partial charge >= 0.3 is 0 Å². The number of hydrogen-bond acceptors (Lipinski definition) is 2. The lowest BCUT2D eigenvalue weighted by molar-refractivity contribution is 0.651. The van der Waals surface area contributed by atoms with Crippen LogP contribution in [0.15, 0.2) is 53.5 Å². The molecule has 0 atom stereocenters. The van der Waals surface area contributed by atoms with Crippen molar-refractivity contribution in [3.8, 4) is 0 Å². The molecule has 4 heteroatoms. The normalized spacial score (nSPS) is 11.0. The molecule has 0 aliphatic rings. The maximum absolute atomic E-state index is 4.93. The molecule has 2 aromatic carbocycles. The van der Waals surface area contributed by atoms with Crippen molar-refractivity contribution in [2.75, 3.05) is 19.0 Å². The van der Waals surface area contributed by atoms with Crippen LogP contribution in [0.2, 0.25) is 0 Å². The smallest absolute Gasteiger partial charge is 0.211 e. The van der Waals surface area contributed by atoms with Crippen molar-refractivity contribution in [2.45, 2.75) is 26.9 Å². The van der Waals surface area contributed by atoms with E-state index in [1.54, 1.807) is 0 Å². The van der Waals surface area contributed by atoms with E-state index in [4.69, 9.17) is 4.99 Å². The van der Waals surface area contributed by atoms with Crippen LogP contribution in [0.25, 0.3) is 11.0 Å². The van der Waals surface area contributed by atoms with Gasteiger partial charge < -0.3 is 14.0 Å². The first-order valence-electron chi connectivity index (χ1n) is 8.16. The quantitative estimate of drug-likeness (QED) is 0.720.